The van der Waals surface area contributed by atoms with Gasteiger partial charge in [0.2, 0.25) is 0 Å². The van der Waals surface area contributed by atoms with Gasteiger partial charge in [-0.05, 0) is 49.1 Å². The third-order valence-electron chi connectivity index (χ3n) is 5.27. The summed E-state index contributed by atoms with van der Waals surface area (Å²) in [6.07, 6.45) is 11.4. The first-order valence-corrected chi connectivity index (χ1v) is 9.23. The summed E-state index contributed by atoms with van der Waals surface area (Å²) in [6, 6.07) is 5.10. The highest BCUT2D eigenvalue weighted by molar-refractivity contribution is 6.10. The lowest BCUT2D eigenvalue weighted by molar-refractivity contribution is 0.356. The van der Waals surface area contributed by atoms with E-state index >= 15 is 0 Å². The number of nitrogens with one attached hydrogen (secondary N) is 1. The van der Waals surface area contributed by atoms with Crippen molar-refractivity contribution < 1.29 is 4.39 Å². The third-order valence-corrected chi connectivity index (χ3v) is 5.27. The second kappa shape index (κ2) is 7.85. The Labute approximate surface area is 150 Å². The van der Waals surface area contributed by atoms with Crippen molar-refractivity contribution >= 4 is 11.4 Å². The molecule has 0 unspecified atom stereocenters. The lowest BCUT2D eigenvalue weighted by Crippen LogP contribution is -2.17. The quantitative estimate of drug-likeness (QED) is 0.823. The molecule has 1 aliphatic heterocycles. The van der Waals surface area contributed by atoms with Gasteiger partial charge in [0, 0.05) is 31.7 Å². The predicted octanol–water partition coefficient (Wildman–Crippen LogP) is 5.12. The Bertz CT molecular complexity index is 712. The third kappa shape index (κ3) is 4.12. The van der Waals surface area contributed by atoms with Gasteiger partial charge in [0.05, 0.1) is 11.4 Å². The van der Waals surface area contributed by atoms with Gasteiger partial charge < -0.3 is 10.2 Å². The fourth-order valence-corrected chi connectivity index (χ4v) is 3.97. The molecular weight excluding hydrogens is 313 g/mol. The fourth-order valence-electron chi connectivity index (χ4n) is 3.97. The monoisotopic (exact) mass is 341 g/mol. The van der Waals surface area contributed by atoms with E-state index in [2.05, 4.69) is 22.1 Å². The van der Waals surface area contributed by atoms with E-state index in [0.717, 1.165) is 34.8 Å². The highest BCUT2D eigenvalue weighted by Gasteiger charge is 2.19. The molecule has 1 N–H and O–H groups in total. The molecule has 1 saturated carbocycles. The highest BCUT2D eigenvalue weighted by Crippen LogP contribution is 2.31. The number of hydrogen-bond acceptors (Lipinski definition) is 3. The molecule has 25 heavy (non-hydrogen) atoms. The van der Waals surface area contributed by atoms with E-state index in [1.807, 2.05) is 25.4 Å². The van der Waals surface area contributed by atoms with Gasteiger partial charge in [0.15, 0.2) is 0 Å². The molecule has 0 radical (unpaired) electrons. The first kappa shape index (κ1) is 17.7. The molecule has 4 heteroatoms. The van der Waals surface area contributed by atoms with Gasteiger partial charge in [0.1, 0.15) is 5.82 Å². The summed E-state index contributed by atoms with van der Waals surface area (Å²) in [7, 11) is 3.82. The lowest BCUT2D eigenvalue weighted by Gasteiger charge is -2.24. The maximum Gasteiger partial charge on any atom is 0.123 e. The molecule has 0 atom stereocenters. The van der Waals surface area contributed by atoms with Gasteiger partial charge in [-0.25, -0.2) is 4.39 Å². The summed E-state index contributed by atoms with van der Waals surface area (Å²) < 4.78 is 13.8. The Kier molecular flexibility index (Phi) is 5.57. The van der Waals surface area contributed by atoms with E-state index < -0.39 is 0 Å². The van der Waals surface area contributed by atoms with Crippen molar-refractivity contribution in [3.63, 3.8) is 0 Å². The largest absolute Gasteiger partial charge is 0.357 e. The van der Waals surface area contributed by atoms with Crippen LogP contribution in [0.3, 0.4) is 0 Å². The summed E-state index contributed by atoms with van der Waals surface area (Å²) in [5.74, 6) is 0.518. The number of aliphatic imine (C=N–C) groups is 1. The number of anilines is 1. The Balaban J connectivity index is 1.84. The lowest BCUT2D eigenvalue weighted by atomic mass is 9.84. The number of rotatable bonds is 4. The molecule has 0 aromatic heterocycles. The molecule has 1 aromatic carbocycles. The second-order valence-electron chi connectivity index (χ2n) is 7.14. The zero-order chi connectivity index (χ0) is 17.8. The van der Waals surface area contributed by atoms with E-state index in [9.17, 15) is 4.39 Å². The van der Waals surface area contributed by atoms with Crippen molar-refractivity contribution in [3.8, 4) is 0 Å². The van der Waals surface area contributed by atoms with Gasteiger partial charge in [-0.2, -0.15) is 0 Å². The molecule has 1 aliphatic carbocycles. The zero-order valence-corrected chi connectivity index (χ0v) is 15.5. The Hall–Kier alpha value is -2.10. The molecule has 0 saturated heterocycles. The van der Waals surface area contributed by atoms with E-state index in [1.54, 1.807) is 13.1 Å². The van der Waals surface area contributed by atoms with E-state index in [0.29, 0.717) is 5.92 Å². The zero-order valence-electron chi connectivity index (χ0n) is 15.5. The van der Waals surface area contributed by atoms with Crippen LogP contribution < -0.4 is 5.32 Å². The minimum absolute atomic E-state index is 0.155. The smallest absolute Gasteiger partial charge is 0.123 e. The van der Waals surface area contributed by atoms with Crippen LogP contribution in [0.25, 0.3) is 0 Å². The maximum atomic E-state index is 13.8. The average molecular weight is 341 g/mol. The number of benzene rings is 1. The van der Waals surface area contributed by atoms with Crippen molar-refractivity contribution in [1.29, 1.82) is 0 Å². The van der Waals surface area contributed by atoms with Crippen molar-refractivity contribution in [2.24, 2.45) is 10.9 Å². The van der Waals surface area contributed by atoms with Gasteiger partial charge in [0.25, 0.3) is 0 Å². The summed E-state index contributed by atoms with van der Waals surface area (Å²) in [6.45, 7) is 2.05. The van der Waals surface area contributed by atoms with E-state index in [4.69, 9.17) is 0 Å². The molecule has 1 fully saturated rings. The standard InChI is InChI=1S/C21H28FN3/c1-15(21-20(23-2)11-12-25(21)3)24-19-10-9-18(22)14-17(19)13-16-7-5-4-6-8-16/h9-12,14,16,24H,4-8,13H2,1-3H3/b21-15-,23-20-. The first-order valence-electron chi connectivity index (χ1n) is 9.23. The van der Waals surface area contributed by atoms with Crippen molar-refractivity contribution in [3.05, 3.63) is 53.2 Å². The number of nitrogens with zero attached hydrogens (tertiary/aromatic N) is 2. The number of halogens is 1. The molecular formula is C21H28FN3. The van der Waals surface area contributed by atoms with E-state index in [1.165, 1.54) is 38.2 Å². The van der Waals surface area contributed by atoms with E-state index in [-0.39, 0.29) is 5.82 Å². The first-order chi connectivity index (χ1) is 12.1. The van der Waals surface area contributed by atoms with Crippen LogP contribution in [0.15, 0.2) is 46.9 Å². The minimum Gasteiger partial charge on any atom is -0.357 e. The minimum atomic E-state index is -0.155. The topological polar surface area (TPSA) is 27.6 Å². The van der Waals surface area contributed by atoms with Crippen molar-refractivity contribution in [2.45, 2.75) is 45.4 Å². The van der Waals surface area contributed by atoms with Crippen LogP contribution in [-0.2, 0) is 6.42 Å². The molecule has 0 amide bonds. The van der Waals surface area contributed by atoms with Crippen LogP contribution in [0.1, 0.15) is 44.6 Å². The van der Waals surface area contributed by atoms with Gasteiger partial charge in [-0.1, -0.05) is 32.1 Å². The highest BCUT2D eigenvalue weighted by atomic mass is 19.1. The molecule has 2 aliphatic rings. The summed E-state index contributed by atoms with van der Waals surface area (Å²) in [5.41, 5.74) is 5.15. The molecule has 3 rings (SSSR count). The molecule has 3 nitrogen and oxygen atoms in total. The second-order valence-corrected chi connectivity index (χ2v) is 7.14. The normalized spacial score (nSPS) is 21.9. The van der Waals surface area contributed by atoms with Crippen LogP contribution >= 0.6 is 0 Å². The predicted molar refractivity (Wildman–Crippen MR) is 103 cm³/mol. The Morgan fingerprint density at radius 2 is 2.04 bits per heavy atom. The van der Waals surface area contributed by atoms with Crippen molar-refractivity contribution in [2.75, 3.05) is 19.4 Å². The molecule has 1 aromatic rings. The summed E-state index contributed by atoms with van der Waals surface area (Å²) in [5, 5.41) is 3.51. The average Bonchev–Trinajstić information content (AvgIpc) is 2.99. The van der Waals surface area contributed by atoms with Crippen LogP contribution in [-0.4, -0.2) is 24.7 Å². The van der Waals surface area contributed by atoms with Gasteiger partial charge in [-0.3, -0.25) is 4.99 Å². The van der Waals surface area contributed by atoms with Crippen LogP contribution in [0, 0.1) is 11.7 Å². The summed E-state index contributed by atoms with van der Waals surface area (Å²) in [4.78, 5) is 6.41. The SMILES string of the molecule is C/N=C1/C=CN(C)/C1=C(/C)Nc1ccc(F)cc1CC1CCCCC1. The molecule has 0 bridgehead atoms. The van der Waals surface area contributed by atoms with Gasteiger partial charge >= 0.3 is 0 Å². The van der Waals surface area contributed by atoms with Crippen LogP contribution in [0.2, 0.25) is 0 Å². The van der Waals surface area contributed by atoms with Crippen LogP contribution in [0.4, 0.5) is 10.1 Å². The summed E-state index contributed by atoms with van der Waals surface area (Å²) >= 11 is 0. The molecule has 0 spiro atoms. The maximum absolute atomic E-state index is 13.8. The molecule has 134 valence electrons. The fraction of sp³-hybridized carbons (Fsp3) is 0.476. The van der Waals surface area contributed by atoms with Crippen LogP contribution in [0.5, 0.6) is 0 Å². The number of hydrogen-bond donors (Lipinski definition) is 1. The Morgan fingerprint density at radius 1 is 1.28 bits per heavy atom. The molecule has 1 heterocycles. The van der Waals surface area contributed by atoms with Gasteiger partial charge in [-0.15, -0.1) is 0 Å². The Morgan fingerprint density at radius 3 is 2.76 bits per heavy atom. The van der Waals surface area contributed by atoms with Crippen molar-refractivity contribution in [1.82, 2.24) is 4.90 Å². The number of allylic oxidation sites excluding steroid dienone is 2.